The molecule has 0 saturated heterocycles. The minimum absolute atomic E-state index is 0.736. The first-order valence-corrected chi connectivity index (χ1v) is 5.03. The van der Waals surface area contributed by atoms with Crippen LogP contribution in [0, 0.1) is 6.92 Å². The van der Waals surface area contributed by atoms with Crippen LogP contribution in [0.2, 0.25) is 0 Å². The number of nitrogens with one attached hydrogen (secondary N) is 1. The van der Waals surface area contributed by atoms with Crippen LogP contribution >= 0.6 is 0 Å². The fraction of sp³-hybridized carbons (Fsp3) is 0.545. The fourth-order valence-electron chi connectivity index (χ4n) is 1.49. The van der Waals surface area contributed by atoms with Gasteiger partial charge in [0.2, 0.25) is 5.88 Å². The van der Waals surface area contributed by atoms with Crippen molar-refractivity contribution in [3.63, 3.8) is 0 Å². The molecule has 1 aromatic rings. The van der Waals surface area contributed by atoms with E-state index in [0.717, 1.165) is 24.0 Å². The predicted molar refractivity (Wildman–Crippen MR) is 55.4 cm³/mol. The van der Waals surface area contributed by atoms with E-state index >= 15 is 0 Å². The Labute approximate surface area is 84.5 Å². The Bertz CT molecular complexity index is 321. The molecule has 0 unspecified atom stereocenters. The summed E-state index contributed by atoms with van der Waals surface area (Å²) in [5.41, 5.74) is 2.42. The quantitative estimate of drug-likeness (QED) is 0.787. The fourth-order valence-corrected chi connectivity index (χ4v) is 1.49. The number of nitrogens with zero attached hydrogens (tertiary/aromatic N) is 1. The molecule has 1 aliphatic rings. The summed E-state index contributed by atoms with van der Waals surface area (Å²) in [4.78, 5) is 4.15. The highest BCUT2D eigenvalue weighted by Gasteiger charge is 2.20. The lowest BCUT2D eigenvalue weighted by atomic mass is 10.1. The van der Waals surface area contributed by atoms with Gasteiger partial charge < -0.3 is 10.1 Å². The summed E-state index contributed by atoms with van der Waals surface area (Å²) in [5, 5.41) is 3.48. The van der Waals surface area contributed by atoms with Crippen LogP contribution in [0.25, 0.3) is 0 Å². The maximum absolute atomic E-state index is 5.17. The summed E-state index contributed by atoms with van der Waals surface area (Å²) >= 11 is 0. The third-order valence-electron chi connectivity index (χ3n) is 2.62. The molecule has 1 aromatic heterocycles. The van der Waals surface area contributed by atoms with Gasteiger partial charge in [0.25, 0.3) is 0 Å². The van der Waals surface area contributed by atoms with Crippen molar-refractivity contribution in [2.45, 2.75) is 32.4 Å². The van der Waals surface area contributed by atoms with Crippen molar-refractivity contribution < 1.29 is 4.74 Å². The van der Waals surface area contributed by atoms with E-state index in [1.54, 1.807) is 13.3 Å². The Morgan fingerprint density at radius 1 is 1.57 bits per heavy atom. The molecule has 76 valence electrons. The largest absolute Gasteiger partial charge is 0.481 e. The molecule has 1 heterocycles. The minimum atomic E-state index is 0.736. The van der Waals surface area contributed by atoms with Crippen LogP contribution in [0.5, 0.6) is 5.88 Å². The van der Waals surface area contributed by atoms with Crippen LogP contribution in [0.15, 0.2) is 12.3 Å². The number of ether oxygens (including phenoxy) is 1. The minimum Gasteiger partial charge on any atom is -0.481 e. The van der Waals surface area contributed by atoms with Gasteiger partial charge in [0.1, 0.15) is 0 Å². The molecule has 0 amide bonds. The lowest BCUT2D eigenvalue weighted by Crippen LogP contribution is -2.16. The SMILES string of the molecule is COc1nccc(CNC2CC2)c1C. The van der Waals surface area contributed by atoms with Gasteiger partial charge >= 0.3 is 0 Å². The molecular formula is C11H16N2O. The first-order valence-electron chi connectivity index (χ1n) is 5.03. The molecule has 3 nitrogen and oxygen atoms in total. The average Bonchev–Trinajstić information content (AvgIpc) is 3.00. The second-order valence-corrected chi connectivity index (χ2v) is 3.76. The van der Waals surface area contributed by atoms with Gasteiger partial charge in [-0.2, -0.15) is 0 Å². The summed E-state index contributed by atoms with van der Waals surface area (Å²) in [6.45, 7) is 2.98. The van der Waals surface area contributed by atoms with Gasteiger partial charge in [-0.1, -0.05) is 0 Å². The lowest BCUT2D eigenvalue weighted by Gasteiger charge is -2.09. The number of hydrogen-bond donors (Lipinski definition) is 1. The van der Waals surface area contributed by atoms with E-state index < -0.39 is 0 Å². The molecule has 0 radical (unpaired) electrons. The Morgan fingerprint density at radius 2 is 2.36 bits per heavy atom. The zero-order chi connectivity index (χ0) is 9.97. The number of aromatic nitrogens is 1. The highest BCUT2D eigenvalue weighted by Crippen LogP contribution is 2.21. The second kappa shape index (κ2) is 3.96. The van der Waals surface area contributed by atoms with Crippen molar-refractivity contribution in [3.05, 3.63) is 23.4 Å². The molecule has 0 aromatic carbocycles. The third-order valence-corrected chi connectivity index (χ3v) is 2.62. The van der Waals surface area contributed by atoms with Gasteiger partial charge in [-0.05, 0) is 31.4 Å². The molecule has 3 heteroatoms. The van der Waals surface area contributed by atoms with Crippen molar-refractivity contribution in [2.75, 3.05) is 7.11 Å². The van der Waals surface area contributed by atoms with E-state index in [0.29, 0.717) is 0 Å². The Hall–Kier alpha value is -1.09. The van der Waals surface area contributed by atoms with Gasteiger partial charge in [-0.25, -0.2) is 4.98 Å². The van der Waals surface area contributed by atoms with Gasteiger partial charge in [0.15, 0.2) is 0 Å². The summed E-state index contributed by atoms with van der Waals surface area (Å²) in [6, 6.07) is 2.79. The zero-order valence-electron chi connectivity index (χ0n) is 8.71. The number of methoxy groups -OCH3 is 1. The Kier molecular flexibility index (Phi) is 2.68. The lowest BCUT2D eigenvalue weighted by molar-refractivity contribution is 0.393. The molecular weight excluding hydrogens is 176 g/mol. The van der Waals surface area contributed by atoms with Crippen molar-refractivity contribution in [2.24, 2.45) is 0 Å². The number of pyridine rings is 1. The molecule has 2 rings (SSSR count). The van der Waals surface area contributed by atoms with Crippen molar-refractivity contribution in [1.82, 2.24) is 10.3 Å². The molecule has 1 aliphatic carbocycles. The van der Waals surface area contributed by atoms with Gasteiger partial charge in [-0.15, -0.1) is 0 Å². The van der Waals surface area contributed by atoms with E-state index in [-0.39, 0.29) is 0 Å². The molecule has 1 saturated carbocycles. The van der Waals surface area contributed by atoms with Crippen LogP contribution in [0.4, 0.5) is 0 Å². The molecule has 1 fully saturated rings. The standard InChI is InChI=1S/C11H16N2O/c1-8-9(7-13-10-3-4-10)5-6-12-11(8)14-2/h5-6,10,13H,3-4,7H2,1-2H3. The number of rotatable bonds is 4. The summed E-state index contributed by atoms with van der Waals surface area (Å²) in [5.74, 6) is 0.736. The maximum Gasteiger partial charge on any atom is 0.216 e. The Balaban J connectivity index is 2.06. The van der Waals surface area contributed by atoms with E-state index in [4.69, 9.17) is 4.74 Å². The third kappa shape index (κ3) is 2.04. The van der Waals surface area contributed by atoms with Gasteiger partial charge in [0, 0.05) is 24.3 Å². The summed E-state index contributed by atoms with van der Waals surface area (Å²) < 4.78 is 5.17. The summed E-state index contributed by atoms with van der Waals surface area (Å²) in [6.07, 6.45) is 4.44. The molecule has 0 atom stereocenters. The normalized spacial score (nSPS) is 15.6. The molecule has 14 heavy (non-hydrogen) atoms. The molecule has 0 spiro atoms. The van der Waals surface area contributed by atoms with Gasteiger partial charge in [0.05, 0.1) is 7.11 Å². The zero-order valence-corrected chi connectivity index (χ0v) is 8.71. The smallest absolute Gasteiger partial charge is 0.216 e. The summed E-state index contributed by atoms with van der Waals surface area (Å²) in [7, 11) is 1.66. The highest BCUT2D eigenvalue weighted by atomic mass is 16.5. The maximum atomic E-state index is 5.17. The topological polar surface area (TPSA) is 34.1 Å². The Morgan fingerprint density at radius 3 is 3.00 bits per heavy atom. The highest BCUT2D eigenvalue weighted by molar-refractivity contribution is 5.32. The molecule has 0 bridgehead atoms. The van der Waals surface area contributed by atoms with Crippen LogP contribution < -0.4 is 10.1 Å². The second-order valence-electron chi connectivity index (χ2n) is 3.76. The molecule has 1 N–H and O–H groups in total. The molecule has 0 aliphatic heterocycles. The van der Waals surface area contributed by atoms with Crippen LogP contribution in [-0.2, 0) is 6.54 Å². The van der Waals surface area contributed by atoms with Gasteiger partial charge in [-0.3, -0.25) is 0 Å². The van der Waals surface area contributed by atoms with Crippen LogP contribution in [0.3, 0.4) is 0 Å². The first kappa shape index (κ1) is 9.46. The van der Waals surface area contributed by atoms with E-state index in [2.05, 4.69) is 17.2 Å². The van der Waals surface area contributed by atoms with Crippen molar-refractivity contribution in [3.8, 4) is 5.88 Å². The monoisotopic (exact) mass is 192 g/mol. The van der Waals surface area contributed by atoms with E-state index in [1.165, 1.54) is 18.4 Å². The van der Waals surface area contributed by atoms with Crippen molar-refractivity contribution >= 4 is 0 Å². The van der Waals surface area contributed by atoms with Crippen molar-refractivity contribution in [1.29, 1.82) is 0 Å². The predicted octanol–water partition coefficient (Wildman–Crippen LogP) is 1.65. The van der Waals surface area contributed by atoms with Crippen LogP contribution in [0.1, 0.15) is 24.0 Å². The average molecular weight is 192 g/mol. The van der Waals surface area contributed by atoms with Crippen LogP contribution in [-0.4, -0.2) is 18.1 Å². The number of hydrogen-bond acceptors (Lipinski definition) is 3. The van der Waals surface area contributed by atoms with E-state index in [9.17, 15) is 0 Å². The first-order chi connectivity index (χ1) is 6.81. The van der Waals surface area contributed by atoms with E-state index in [1.807, 2.05) is 6.07 Å².